The Morgan fingerprint density at radius 1 is 1.23 bits per heavy atom. The van der Waals surface area contributed by atoms with E-state index in [-0.39, 0.29) is 17.8 Å². The molecule has 3 N–H and O–H groups in total. The maximum Gasteiger partial charge on any atom is 0.695 e. The summed E-state index contributed by atoms with van der Waals surface area (Å²) >= 11 is 0. The summed E-state index contributed by atoms with van der Waals surface area (Å²) in [6.07, 6.45) is -0.562. The van der Waals surface area contributed by atoms with Gasteiger partial charge in [-0.15, -0.1) is 9.42 Å². The van der Waals surface area contributed by atoms with Crippen LogP contribution in [0.3, 0.4) is 0 Å². The molecule has 1 fully saturated rings. The quantitative estimate of drug-likeness (QED) is 0.293. The van der Waals surface area contributed by atoms with Crippen molar-refractivity contribution in [2.45, 2.75) is 89.9 Å². The first-order valence-corrected chi connectivity index (χ1v) is 15.4. The summed E-state index contributed by atoms with van der Waals surface area (Å²) in [5, 5.41) is 10.1. The monoisotopic (exact) mass is 529 g/mol. The summed E-state index contributed by atoms with van der Waals surface area (Å²) < 4.78 is 31.5. The van der Waals surface area contributed by atoms with Gasteiger partial charge in [-0.2, -0.15) is 0 Å². The summed E-state index contributed by atoms with van der Waals surface area (Å²) in [5.41, 5.74) is 1.24. The predicted molar refractivity (Wildman–Crippen MR) is 134 cm³/mol. The highest BCUT2D eigenvalue weighted by Crippen LogP contribution is 2.45. The number of ether oxygens (including phenoxy) is 1. The second-order valence-electron chi connectivity index (χ2n) is 10.1. The molecule has 2 unspecified atom stereocenters. The largest absolute Gasteiger partial charge is 0.695 e. The predicted octanol–water partition coefficient (Wildman–Crippen LogP) is 3.55. The Hall–Kier alpha value is -1.53. The average molecular weight is 530 g/mol. The van der Waals surface area contributed by atoms with Crippen molar-refractivity contribution in [1.82, 2.24) is 19.5 Å². The fourth-order valence-corrected chi connectivity index (χ4v) is 11.8. The highest BCUT2D eigenvalue weighted by Gasteiger charge is 2.51. The van der Waals surface area contributed by atoms with E-state index in [4.69, 9.17) is 13.7 Å². The van der Waals surface area contributed by atoms with Crippen molar-refractivity contribution in [3.05, 3.63) is 22.5 Å². The Morgan fingerprint density at radius 3 is 2.40 bits per heavy atom. The number of aliphatic hydroxyl groups excluding tert-OH is 1. The van der Waals surface area contributed by atoms with Crippen LogP contribution >= 0.6 is 8.25 Å². The number of imidazole rings is 1. The lowest BCUT2D eigenvalue weighted by Crippen LogP contribution is -2.48. The van der Waals surface area contributed by atoms with Crippen LogP contribution in [0.4, 0.5) is 0 Å². The molecular weight excluding hydrogens is 491 g/mol. The zero-order valence-corrected chi connectivity index (χ0v) is 23.4. The molecule has 0 amide bonds. The first-order chi connectivity index (χ1) is 16.4. The fraction of sp³-hybridized carbons (Fsp3) is 0.773. The standard InChI is InChI=1S/C22H37N4O7PSi/c1-12(2)35(13(3)4,14(5)6)31-9-8-16-17(10-27)32-22(19(16)33-34(29)30)26-11-23-18-20(26)24-15(7)25-21(18)28/h11-14,16-17,19,22,27H,8-10H2,1-7H3,(H-,24,25,28,29,30)/p+1/t16?,17-,19+,22-/m1/s1. The minimum absolute atomic E-state index is 0.125. The molecule has 0 aromatic carbocycles. The van der Waals surface area contributed by atoms with E-state index in [9.17, 15) is 19.4 Å². The SMILES string of the molecule is Cc1nc2c(ncn2[C@@H]2O[C@H](CO)C(CCO[Si](C(C)C)(C(C)C)C(C)C)[C@@H]2O[P+](=O)O)c(=O)[nH]1. The lowest BCUT2D eigenvalue weighted by atomic mass is 9.95. The third-order valence-electron chi connectivity index (χ3n) is 7.22. The van der Waals surface area contributed by atoms with Gasteiger partial charge in [0.2, 0.25) is 0 Å². The van der Waals surface area contributed by atoms with Gasteiger partial charge >= 0.3 is 8.25 Å². The lowest BCUT2D eigenvalue weighted by molar-refractivity contribution is -0.0455. The van der Waals surface area contributed by atoms with Gasteiger partial charge in [-0.05, 0) is 30.0 Å². The molecule has 11 nitrogen and oxygen atoms in total. The molecule has 1 aliphatic heterocycles. The van der Waals surface area contributed by atoms with Crippen LogP contribution in [-0.4, -0.2) is 63.3 Å². The molecule has 1 aliphatic rings. The lowest BCUT2D eigenvalue weighted by Gasteiger charge is -2.42. The van der Waals surface area contributed by atoms with E-state index >= 15 is 0 Å². The molecule has 1 saturated heterocycles. The topological polar surface area (TPSA) is 149 Å². The van der Waals surface area contributed by atoms with Gasteiger partial charge in [-0.1, -0.05) is 41.5 Å². The minimum Gasteiger partial charge on any atom is -0.416 e. The van der Waals surface area contributed by atoms with Crippen LogP contribution < -0.4 is 5.56 Å². The number of nitrogens with zero attached hydrogens (tertiary/aromatic N) is 3. The van der Waals surface area contributed by atoms with Crippen molar-refractivity contribution >= 4 is 27.7 Å². The summed E-state index contributed by atoms with van der Waals surface area (Å²) in [7, 11) is -5.07. The molecule has 35 heavy (non-hydrogen) atoms. The van der Waals surface area contributed by atoms with E-state index in [0.717, 1.165) is 0 Å². The number of aromatic nitrogens is 4. The normalized spacial score (nSPS) is 23.8. The number of aliphatic hydroxyl groups is 1. The third kappa shape index (κ3) is 5.43. The van der Waals surface area contributed by atoms with Crippen molar-refractivity contribution in [2.75, 3.05) is 13.2 Å². The average Bonchev–Trinajstić information content (AvgIpc) is 3.31. The van der Waals surface area contributed by atoms with Gasteiger partial charge in [0.1, 0.15) is 5.82 Å². The molecule has 0 bridgehead atoms. The number of H-pyrrole nitrogens is 1. The third-order valence-corrected chi connectivity index (χ3v) is 13.8. The van der Waals surface area contributed by atoms with Crippen LogP contribution in [0.2, 0.25) is 16.6 Å². The fourth-order valence-electron chi connectivity index (χ4n) is 5.86. The number of hydrogen-bond acceptors (Lipinski definition) is 8. The maximum absolute atomic E-state index is 12.3. The highest BCUT2D eigenvalue weighted by atomic mass is 31.1. The molecule has 0 radical (unpaired) electrons. The first kappa shape index (κ1) is 28.0. The van der Waals surface area contributed by atoms with Gasteiger partial charge in [0.25, 0.3) is 5.56 Å². The molecule has 0 aliphatic carbocycles. The smallest absolute Gasteiger partial charge is 0.416 e. The molecule has 3 heterocycles. The second-order valence-corrected chi connectivity index (χ2v) is 16.3. The summed E-state index contributed by atoms with van der Waals surface area (Å²) in [4.78, 5) is 33.0. The van der Waals surface area contributed by atoms with Crippen molar-refractivity contribution in [3.8, 4) is 0 Å². The van der Waals surface area contributed by atoms with Gasteiger partial charge in [0.05, 0.1) is 19.0 Å². The first-order valence-electron chi connectivity index (χ1n) is 12.1. The molecule has 0 saturated carbocycles. The summed E-state index contributed by atoms with van der Waals surface area (Å²) in [6, 6.07) is 0. The second kappa shape index (κ2) is 11.2. The van der Waals surface area contributed by atoms with E-state index in [1.54, 1.807) is 6.92 Å². The Kier molecular flexibility index (Phi) is 9.01. The zero-order valence-electron chi connectivity index (χ0n) is 21.5. The molecule has 2 aromatic rings. The highest BCUT2D eigenvalue weighted by molar-refractivity contribution is 7.32. The summed E-state index contributed by atoms with van der Waals surface area (Å²) in [5.74, 6) is -0.0243. The van der Waals surface area contributed by atoms with Crippen LogP contribution in [0, 0.1) is 12.8 Å². The Bertz CT molecular complexity index is 1070. The van der Waals surface area contributed by atoms with Crippen LogP contribution in [-0.2, 0) is 18.3 Å². The number of aryl methyl sites for hydroxylation is 1. The van der Waals surface area contributed by atoms with Gasteiger partial charge in [0.15, 0.2) is 31.8 Å². The van der Waals surface area contributed by atoms with E-state index in [0.29, 0.717) is 35.5 Å². The van der Waals surface area contributed by atoms with Gasteiger partial charge in [-0.3, -0.25) is 9.36 Å². The summed E-state index contributed by atoms with van der Waals surface area (Å²) in [6.45, 7) is 15.0. The molecule has 13 heteroatoms. The van der Waals surface area contributed by atoms with Crippen molar-refractivity contribution in [1.29, 1.82) is 0 Å². The van der Waals surface area contributed by atoms with Crippen molar-refractivity contribution in [3.63, 3.8) is 0 Å². The van der Waals surface area contributed by atoms with Gasteiger partial charge < -0.3 is 19.3 Å². The minimum atomic E-state index is -2.95. The molecule has 5 atom stereocenters. The Morgan fingerprint density at radius 2 is 1.86 bits per heavy atom. The molecule has 196 valence electrons. The van der Waals surface area contributed by atoms with Crippen LogP contribution in [0.1, 0.15) is 60.0 Å². The molecular formula is C22H38N4O7PSi+. The Labute approximate surface area is 207 Å². The number of hydrogen-bond donors (Lipinski definition) is 3. The van der Waals surface area contributed by atoms with Crippen LogP contribution in [0.5, 0.6) is 0 Å². The maximum atomic E-state index is 12.3. The van der Waals surface area contributed by atoms with Crippen molar-refractivity contribution < 1.29 is 28.3 Å². The van der Waals surface area contributed by atoms with Crippen molar-refractivity contribution in [2.24, 2.45) is 5.92 Å². The number of aromatic amines is 1. The van der Waals surface area contributed by atoms with Gasteiger partial charge in [-0.25, -0.2) is 9.97 Å². The zero-order chi connectivity index (χ0) is 26.1. The number of nitrogens with one attached hydrogen (secondary N) is 1. The van der Waals surface area contributed by atoms with Gasteiger partial charge in [0, 0.05) is 17.1 Å². The van der Waals surface area contributed by atoms with E-state index in [1.807, 2.05) is 0 Å². The number of rotatable bonds is 11. The van der Waals surface area contributed by atoms with E-state index < -0.39 is 46.5 Å². The Balaban J connectivity index is 1.92. The van der Waals surface area contributed by atoms with E-state index in [1.165, 1.54) is 10.9 Å². The van der Waals surface area contributed by atoms with Crippen LogP contribution in [0.15, 0.2) is 11.1 Å². The molecule has 3 rings (SSSR count). The number of fused-ring (bicyclic) bond motifs is 1. The molecule has 2 aromatic heterocycles. The van der Waals surface area contributed by atoms with Crippen LogP contribution in [0.25, 0.3) is 11.2 Å². The molecule has 0 spiro atoms. The van der Waals surface area contributed by atoms with E-state index in [2.05, 4.69) is 56.5 Å².